The lowest BCUT2D eigenvalue weighted by atomic mass is 9.87. The van der Waals surface area contributed by atoms with Crippen LogP contribution in [0.15, 0.2) is 10.7 Å². The van der Waals surface area contributed by atoms with Crippen molar-refractivity contribution in [1.82, 2.24) is 5.16 Å². The highest BCUT2D eigenvalue weighted by Crippen LogP contribution is 2.35. The van der Waals surface area contributed by atoms with Gasteiger partial charge in [0, 0.05) is 17.9 Å². The summed E-state index contributed by atoms with van der Waals surface area (Å²) in [7, 11) is 0. The van der Waals surface area contributed by atoms with Crippen LogP contribution in [-0.2, 0) is 9.57 Å². The van der Waals surface area contributed by atoms with Crippen LogP contribution in [0.25, 0.3) is 5.70 Å². The van der Waals surface area contributed by atoms with Gasteiger partial charge in [-0.25, -0.2) is 0 Å². The fourth-order valence-electron chi connectivity index (χ4n) is 2.41. The van der Waals surface area contributed by atoms with Crippen LogP contribution in [0, 0.1) is 20.5 Å². The van der Waals surface area contributed by atoms with E-state index in [9.17, 15) is 20.5 Å². The molecule has 1 aromatic rings. The van der Waals surface area contributed by atoms with Crippen LogP contribution in [0.2, 0.25) is 0 Å². The summed E-state index contributed by atoms with van der Waals surface area (Å²) in [5.74, 6) is -0.741. The first-order valence-corrected chi connectivity index (χ1v) is 6.11. The van der Waals surface area contributed by atoms with Crippen LogP contribution in [0.5, 0.6) is 0 Å². The molecule has 0 saturated carbocycles. The lowest BCUT2D eigenvalue weighted by molar-refractivity contribution is -0.810. The zero-order valence-corrected chi connectivity index (χ0v) is 10.8. The Morgan fingerprint density at radius 1 is 1.57 bits per heavy atom. The minimum Gasteiger partial charge on any atom is -0.372 e. The average molecular weight is 298 g/mol. The van der Waals surface area contributed by atoms with Crippen molar-refractivity contribution in [3.8, 4) is 0 Å². The highest BCUT2D eigenvalue weighted by Gasteiger charge is 2.49. The molecule has 0 aromatic carbocycles. The van der Waals surface area contributed by atoms with Crippen molar-refractivity contribution in [3.05, 3.63) is 38.0 Å². The number of ether oxygens (including phenoxy) is 1. The van der Waals surface area contributed by atoms with Gasteiger partial charge >= 0.3 is 11.4 Å². The summed E-state index contributed by atoms with van der Waals surface area (Å²) < 4.78 is 9.64. The van der Waals surface area contributed by atoms with Crippen molar-refractivity contribution in [2.24, 2.45) is 0 Å². The van der Waals surface area contributed by atoms with Gasteiger partial charge in [-0.1, -0.05) is 0 Å². The number of fused-ring (bicyclic) bond motifs is 3. The molecule has 1 aliphatic heterocycles. The second-order valence-corrected chi connectivity index (χ2v) is 4.41. The fourth-order valence-corrected chi connectivity index (χ4v) is 2.41. The summed E-state index contributed by atoms with van der Waals surface area (Å²) in [6, 6.07) is 0. The van der Waals surface area contributed by atoms with Crippen LogP contribution in [0.3, 0.4) is 0 Å². The van der Waals surface area contributed by atoms with Gasteiger partial charge in [0.05, 0.1) is 16.2 Å². The summed E-state index contributed by atoms with van der Waals surface area (Å²) in [6.07, 6.45) is 0.333. The number of hydrogen-bond donors (Lipinski definition) is 0. The maximum absolute atomic E-state index is 11.9. The minimum absolute atomic E-state index is 0.0575. The van der Waals surface area contributed by atoms with Gasteiger partial charge in [0.2, 0.25) is 5.69 Å². The molecule has 0 spiro atoms. The van der Waals surface area contributed by atoms with E-state index in [1.54, 1.807) is 6.92 Å². The van der Waals surface area contributed by atoms with E-state index in [2.05, 4.69) is 9.79 Å². The molecule has 0 amide bonds. The Labute approximate surface area is 116 Å². The van der Waals surface area contributed by atoms with E-state index >= 15 is 0 Å². The molecule has 21 heavy (non-hydrogen) atoms. The van der Waals surface area contributed by atoms with E-state index in [1.165, 1.54) is 0 Å². The molecule has 2 aliphatic rings. The molecule has 0 bridgehead atoms. The molecule has 0 fully saturated rings. The molecule has 11 heteroatoms. The Balaban J connectivity index is 2.13. The van der Waals surface area contributed by atoms with Gasteiger partial charge in [0.15, 0.2) is 6.29 Å². The van der Waals surface area contributed by atoms with Crippen molar-refractivity contribution in [2.45, 2.75) is 25.6 Å². The molecular weight excluding hydrogens is 288 g/mol. The SMILES string of the molecule is CCO[C@H]1C[C@H]2C(=[N+]([O-])O1)C=C([N+](=O)[O-])c1no[n+]([O-])c12. The van der Waals surface area contributed by atoms with E-state index in [-0.39, 0.29) is 33.3 Å². The first-order chi connectivity index (χ1) is 10.0. The van der Waals surface area contributed by atoms with Crippen LogP contribution in [0.1, 0.15) is 30.7 Å². The summed E-state index contributed by atoms with van der Waals surface area (Å²) in [6.45, 7) is 2.03. The van der Waals surface area contributed by atoms with Gasteiger partial charge in [-0.15, -0.1) is 0 Å². The Morgan fingerprint density at radius 2 is 2.33 bits per heavy atom. The van der Waals surface area contributed by atoms with Crippen molar-refractivity contribution in [1.29, 1.82) is 0 Å². The van der Waals surface area contributed by atoms with Crippen LogP contribution >= 0.6 is 0 Å². The van der Waals surface area contributed by atoms with Crippen molar-refractivity contribution in [2.75, 3.05) is 6.61 Å². The second kappa shape index (κ2) is 4.70. The summed E-state index contributed by atoms with van der Waals surface area (Å²) in [4.78, 5) is 15.4. The number of hydrogen-bond acceptors (Lipinski definition) is 8. The minimum atomic E-state index is -0.852. The predicted molar refractivity (Wildman–Crippen MR) is 62.9 cm³/mol. The van der Waals surface area contributed by atoms with Crippen LogP contribution < -0.4 is 4.90 Å². The molecule has 3 rings (SSSR count). The Bertz CT molecular complexity index is 664. The zero-order valence-electron chi connectivity index (χ0n) is 10.8. The third kappa shape index (κ3) is 1.98. The molecule has 112 valence electrons. The highest BCUT2D eigenvalue weighted by atomic mass is 16.9. The number of rotatable bonds is 3. The highest BCUT2D eigenvalue weighted by molar-refractivity contribution is 6.03. The molecular formula is C10H10N4O7. The molecule has 0 saturated heterocycles. The van der Waals surface area contributed by atoms with Gasteiger partial charge in [-0.05, 0) is 11.8 Å². The van der Waals surface area contributed by atoms with E-state index < -0.39 is 22.8 Å². The standard InChI is InChI=1S/C10H10N4O7/c1-2-19-8-3-5-6(13(17)20-8)4-7(12(15)16)9-10(5)14(18)21-11-9/h4-5,8H,2-3H2,1H3/t5-,8+/m0/s1. The van der Waals surface area contributed by atoms with E-state index in [1.807, 2.05) is 0 Å². The van der Waals surface area contributed by atoms with Crippen LogP contribution in [0.4, 0.5) is 0 Å². The number of allylic oxidation sites excluding steroid dienone is 1. The lowest BCUT2D eigenvalue weighted by Gasteiger charge is -2.28. The molecule has 0 N–H and O–H groups in total. The summed E-state index contributed by atoms with van der Waals surface area (Å²) in [5.41, 5.74) is -0.825. The monoisotopic (exact) mass is 298 g/mol. The Hall–Kier alpha value is -2.69. The quantitative estimate of drug-likeness (QED) is 0.419. The molecule has 0 radical (unpaired) electrons. The fraction of sp³-hybridized carbons (Fsp3) is 0.500. The maximum Gasteiger partial charge on any atom is 0.333 e. The predicted octanol–water partition coefficient (Wildman–Crippen LogP) is -0.328. The normalized spacial score (nSPS) is 24.0. The Kier molecular flexibility index (Phi) is 2.97. The van der Waals surface area contributed by atoms with Gasteiger partial charge < -0.3 is 14.8 Å². The molecule has 2 atom stereocenters. The average Bonchev–Trinajstić information content (AvgIpc) is 2.81. The van der Waals surface area contributed by atoms with Gasteiger partial charge in [0.25, 0.3) is 5.71 Å². The largest absolute Gasteiger partial charge is 0.372 e. The van der Waals surface area contributed by atoms with Gasteiger partial charge in [-0.3, -0.25) is 20.0 Å². The molecule has 0 unspecified atom stereocenters. The molecule has 11 nitrogen and oxygen atoms in total. The van der Waals surface area contributed by atoms with Crippen molar-refractivity contribution < 1.29 is 28.9 Å². The lowest BCUT2D eigenvalue weighted by Crippen LogP contribution is -2.43. The molecule has 2 heterocycles. The zero-order chi connectivity index (χ0) is 15.1. The van der Waals surface area contributed by atoms with Gasteiger partial charge in [0.1, 0.15) is 5.92 Å². The van der Waals surface area contributed by atoms with Gasteiger partial charge in [-0.2, -0.15) is 0 Å². The summed E-state index contributed by atoms with van der Waals surface area (Å²) >= 11 is 0. The van der Waals surface area contributed by atoms with E-state index in [4.69, 9.17) is 9.57 Å². The third-order valence-electron chi connectivity index (χ3n) is 3.26. The van der Waals surface area contributed by atoms with Crippen molar-refractivity contribution >= 4 is 11.4 Å². The summed E-state index contributed by atoms with van der Waals surface area (Å²) in [5, 5.41) is 38.0. The third-order valence-corrected chi connectivity index (χ3v) is 3.26. The topological polar surface area (TPSA) is 141 Å². The van der Waals surface area contributed by atoms with E-state index in [0.29, 0.717) is 6.61 Å². The molecule has 1 aromatic heterocycles. The maximum atomic E-state index is 11.9. The van der Waals surface area contributed by atoms with Crippen molar-refractivity contribution in [3.63, 3.8) is 0 Å². The first-order valence-electron chi connectivity index (χ1n) is 6.11. The van der Waals surface area contributed by atoms with Crippen LogP contribution in [-0.4, -0.2) is 33.6 Å². The van der Waals surface area contributed by atoms with E-state index in [0.717, 1.165) is 6.08 Å². The smallest absolute Gasteiger partial charge is 0.333 e. The number of nitrogens with zero attached hydrogens (tertiary/aromatic N) is 4. The molecule has 1 aliphatic carbocycles. The first kappa shape index (κ1) is 13.3. The number of nitro groups is 1. The number of aromatic nitrogens is 2. The second-order valence-electron chi connectivity index (χ2n) is 4.41. The Morgan fingerprint density at radius 3 is 3.00 bits per heavy atom.